The first kappa shape index (κ1) is 11.3. The molecule has 1 aliphatic rings. The molecule has 1 amide bonds. The number of carbonyl (C=O) groups is 1. The molecule has 1 fully saturated rings. The Labute approximate surface area is 84.5 Å². The van der Waals surface area contributed by atoms with E-state index < -0.39 is 6.09 Å². The van der Waals surface area contributed by atoms with Gasteiger partial charge in [0.05, 0.1) is 0 Å². The highest BCUT2D eigenvalue weighted by atomic mass is 16.4. The van der Waals surface area contributed by atoms with E-state index in [1.165, 1.54) is 11.3 Å². The highest BCUT2D eigenvalue weighted by Gasteiger charge is 2.24. The number of amides is 1. The Bertz CT molecular complexity index is 178. The fraction of sp³-hybridized carbons (Fsp3) is 0.900. The number of hydrogen-bond donors (Lipinski definition) is 2. The predicted molar refractivity (Wildman–Crippen MR) is 53.3 cm³/mol. The van der Waals surface area contributed by atoms with Crippen molar-refractivity contribution in [1.29, 1.82) is 0 Å². The lowest BCUT2D eigenvalue weighted by Gasteiger charge is -2.32. The summed E-state index contributed by atoms with van der Waals surface area (Å²) in [5, 5.41) is 17.7. The maximum atomic E-state index is 10.9. The molecule has 4 nitrogen and oxygen atoms in total. The third kappa shape index (κ3) is 3.18. The largest absolute Gasteiger partial charge is 0.465 e. The molecular weight excluding hydrogens is 182 g/mol. The van der Waals surface area contributed by atoms with Crippen molar-refractivity contribution in [2.24, 2.45) is 0 Å². The molecule has 0 unspecified atom stereocenters. The summed E-state index contributed by atoms with van der Waals surface area (Å²) in [7, 11) is 0. The van der Waals surface area contributed by atoms with E-state index in [4.69, 9.17) is 10.2 Å². The van der Waals surface area contributed by atoms with Gasteiger partial charge in [-0.2, -0.15) is 0 Å². The quantitative estimate of drug-likeness (QED) is 0.727. The number of aliphatic hydroxyl groups is 1. The summed E-state index contributed by atoms with van der Waals surface area (Å²) in [4.78, 5) is 12.4. The summed E-state index contributed by atoms with van der Waals surface area (Å²) < 4.78 is 0. The SMILES string of the molecule is O=C(O)N(CCCO)C1CCCCC1. The lowest BCUT2D eigenvalue weighted by molar-refractivity contribution is 0.106. The van der Waals surface area contributed by atoms with Crippen LogP contribution in [0.2, 0.25) is 0 Å². The molecule has 2 N–H and O–H groups in total. The van der Waals surface area contributed by atoms with Gasteiger partial charge >= 0.3 is 6.09 Å². The van der Waals surface area contributed by atoms with Crippen LogP contribution in [0.25, 0.3) is 0 Å². The molecule has 0 aromatic carbocycles. The van der Waals surface area contributed by atoms with Crippen LogP contribution in [0, 0.1) is 0 Å². The Morgan fingerprint density at radius 2 is 1.93 bits per heavy atom. The third-order valence-corrected chi connectivity index (χ3v) is 2.82. The lowest BCUT2D eigenvalue weighted by atomic mass is 9.94. The normalized spacial score (nSPS) is 18.1. The van der Waals surface area contributed by atoms with Crippen molar-refractivity contribution in [1.82, 2.24) is 4.90 Å². The van der Waals surface area contributed by atoms with E-state index >= 15 is 0 Å². The fourth-order valence-corrected chi connectivity index (χ4v) is 2.07. The summed E-state index contributed by atoms with van der Waals surface area (Å²) in [5.74, 6) is 0. The molecule has 0 saturated heterocycles. The summed E-state index contributed by atoms with van der Waals surface area (Å²) in [6, 6.07) is 0.188. The molecule has 0 spiro atoms. The summed E-state index contributed by atoms with van der Waals surface area (Å²) in [6.07, 6.45) is 5.16. The maximum Gasteiger partial charge on any atom is 0.407 e. The maximum absolute atomic E-state index is 10.9. The van der Waals surface area contributed by atoms with E-state index in [9.17, 15) is 4.79 Å². The zero-order valence-corrected chi connectivity index (χ0v) is 8.48. The van der Waals surface area contributed by atoms with Gasteiger partial charge in [-0.25, -0.2) is 4.79 Å². The van der Waals surface area contributed by atoms with E-state index in [0.29, 0.717) is 13.0 Å². The Morgan fingerprint density at radius 1 is 1.29 bits per heavy atom. The molecule has 1 rings (SSSR count). The Hall–Kier alpha value is -0.770. The zero-order chi connectivity index (χ0) is 10.4. The van der Waals surface area contributed by atoms with Gasteiger partial charge in [0.15, 0.2) is 0 Å². The second-order valence-corrected chi connectivity index (χ2v) is 3.84. The smallest absolute Gasteiger partial charge is 0.407 e. The molecule has 1 aliphatic carbocycles. The van der Waals surface area contributed by atoms with Gasteiger partial charge in [0, 0.05) is 19.2 Å². The van der Waals surface area contributed by atoms with Crippen molar-refractivity contribution >= 4 is 6.09 Å². The van der Waals surface area contributed by atoms with Crippen molar-refractivity contribution in [2.75, 3.05) is 13.2 Å². The Morgan fingerprint density at radius 3 is 2.43 bits per heavy atom. The summed E-state index contributed by atoms with van der Waals surface area (Å²) >= 11 is 0. The van der Waals surface area contributed by atoms with Crippen molar-refractivity contribution in [3.05, 3.63) is 0 Å². The van der Waals surface area contributed by atoms with Crippen LogP contribution >= 0.6 is 0 Å². The molecule has 0 aliphatic heterocycles. The van der Waals surface area contributed by atoms with Gasteiger partial charge < -0.3 is 15.1 Å². The lowest BCUT2D eigenvalue weighted by Crippen LogP contribution is -2.41. The number of rotatable bonds is 4. The molecule has 82 valence electrons. The van der Waals surface area contributed by atoms with E-state index in [-0.39, 0.29) is 12.6 Å². The second kappa shape index (κ2) is 5.86. The van der Waals surface area contributed by atoms with Crippen LogP contribution in [0.3, 0.4) is 0 Å². The van der Waals surface area contributed by atoms with Crippen molar-refractivity contribution in [3.8, 4) is 0 Å². The van der Waals surface area contributed by atoms with Gasteiger partial charge in [-0.1, -0.05) is 19.3 Å². The molecule has 4 heteroatoms. The van der Waals surface area contributed by atoms with Crippen LogP contribution < -0.4 is 0 Å². The fourth-order valence-electron chi connectivity index (χ4n) is 2.07. The van der Waals surface area contributed by atoms with Crippen LogP contribution in [0.4, 0.5) is 4.79 Å². The van der Waals surface area contributed by atoms with Crippen LogP contribution in [0.15, 0.2) is 0 Å². The van der Waals surface area contributed by atoms with Crippen LogP contribution in [-0.4, -0.2) is 40.4 Å². The van der Waals surface area contributed by atoms with E-state index in [1.807, 2.05) is 0 Å². The summed E-state index contributed by atoms with van der Waals surface area (Å²) in [5.41, 5.74) is 0. The monoisotopic (exact) mass is 201 g/mol. The third-order valence-electron chi connectivity index (χ3n) is 2.82. The summed E-state index contributed by atoms with van der Waals surface area (Å²) in [6.45, 7) is 0.535. The number of carboxylic acid groups (broad SMARTS) is 1. The molecule has 0 atom stereocenters. The average Bonchev–Trinajstić information content (AvgIpc) is 2.19. The first-order chi connectivity index (χ1) is 6.75. The molecule has 0 aromatic heterocycles. The molecular formula is C10H19NO3. The van der Waals surface area contributed by atoms with Gasteiger partial charge in [0.1, 0.15) is 0 Å². The topological polar surface area (TPSA) is 60.8 Å². The molecule has 0 radical (unpaired) electrons. The van der Waals surface area contributed by atoms with E-state index in [1.54, 1.807) is 0 Å². The number of hydrogen-bond acceptors (Lipinski definition) is 2. The average molecular weight is 201 g/mol. The van der Waals surface area contributed by atoms with Gasteiger partial charge in [-0.15, -0.1) is 0 Å². The standard InChI is InChI=1S/C10H19NO3/c12-8-4-7-11(10(13)14)9-5-2-1-3-6-9/h9,12H,1-8H2,(H,13,14). The first-order valence-corrected chi connectivity index (χ1v) is 5.36. The number of aliphatic hydroxyl groups excluding tert-OH is 1. The zero-order valence-electron chi connectivity index (χ0n) is 8.48. The highest BCUT2D eigenvalue weighted by Crippen LogP contribution is 2.22. The highest BCUT2D eigenvalue weighted by molar-refractivity contribution is 5.65. The minimum Gasteiger partial charge on any atom is -0.465 e. The van der Waals surface area contributed by atoms with Crippen LogP contribution in [-0.2, 0) is 0 Å². The molecule has 1 saturated carbocycles. The molecule has 14 heavy (non-hydrogen) atoms. The number of nitrogens with zero attached hydrogens (tertiary/aromatic N) is 1. The van der Waals surface area contributed by atoms with Crippen molar-refractivity contribution < 1.29 is 15.0 Å². The van der Waals surface area contributed by atoms with Gasteiger partial charge in [-0.3, -0.25) is 0 Å². The van der Waals surface area contributed by atoms with Gasteiger partial charge in [-0.05, 0) is 19.3 Å². The molecule has 0 heterocycles. The van der Waals surface area contributed by atoms with Gasteiger partial charge in [0.25, 0.3) is 0 Å². The predicted octanol–water partition coefficient (Wildman–Crippen LogP) is 1.68. The van der Waals surface area contributed by atoms with Gasteiger partial charge in [0.2, 0.25) is 0 Å². The van der Waals surface area contributed by atoms with Crippen molar-refractivity contribution in [2.45, 2.75) is 44.6 Å². The van der Waals surface area contributed by atoms with E-state index in [0.717, 1.165) is 25.7 Å². The van der Waals surface area contributed by atoms with Crippen LogP contribution in [0.1, 0.15) is 38.5 Å². The molecule has 0 bridgehead atoms. The van der Waals surface area contributed by atoms with E-state index in [2.05, 4.69) is 0 Å². The second-order valence-electron chi connectivity index (χ2n) is 3.84. The molecule has 0 aromatic rings. The van der Waals surface area contributed by atoms with Crippen LogP contribution in [0.5, 0.6) is 0 Å². The Balaban J connectivity index is 2.43. The minimum absolute atomic E-state index is 0.0660. The first-order valence-electron chi connectivity index (χ1n) is 5.36. The Kier molecular flexibility index (Phi) is 4.73. The van der Waals surface area contributed by atoms with Crippen molar-refractivity contribution in [3.63, 3.8) is 0 Å². The minimum atomic E-state index is -0.842.